The van der Waals surface area contributed by atoms with Crippen LogP contribution in [0.25, 0.3) is 0 Å². The average molecular weight is 707 g/mol. The summed E-state index contributed by atoms with van der Waals surface area (Å²) < 4.78 is 20.6. The van der Waals surface area contributed by atoms with E-state index in [2.05, 4.69) is 170 Å². The van der Waals surface area contributed by atoms with Crippen molar-refractivity contribution in [3.05, 3.63) is 169 Å². The van der Waals surface area contributed by atoms with E-state index < -0.39 is 8.07 Å². The van der Waals surface area contributed by atoms with Crippen molar-refractivity contribution < 1.29 is 14.2 Å². The van der Waals surface area contributed by atoms with Crippen LogP contribution in [-0.2, 0) is 5.41 Å². The van der Waals surface area contributed by atoms with Gasteiger partial charge in [0.05, 0.1) is 28.4 Å². The van der Waals surface area contributed by atoms with Crippen LogP contribution in [0, 0.1) is 0 Å². The summed E-state index contributed by atoms with van der Waals surface area (Å²) in [6.07, 6.45) is 0. The van der Waals surface area contributed by atoms with Gasteiger partial charge in [-0.2, -0.15) is 0 Å². The molecule has 0 fully saturated rings. The summed E-state index contributed by atoms with van der Waals surface area (Å²) in [4.78, 5) is 4.57. The average Bonchev–Trinajstić information content (AvgIpc) is 3.18. The minimum absolute atomic E-state index is 0.287. The number of anilines is 6. The van der Waals surface area contributed by atoms with Gasteiger partial charge in [0.15, 0.2) is 23.0 Å². The van der Waals surface area contributed by atoms with Crippen LogP contribution in [0.15, 0.2) is 158 Å². The lowest BCUT2D eigenvalue weighted by atomic mass is 9.75. The lowest BCUT2D eigenvalue weighted by Gasteiger charge is -2.39. The highest BCUT2D eigenvalue weighted by atomic mass is 28.3. The Labute approximate surface area is 311 Å². The van der Waals surface area contributed by atoms with Crippen LogP contribution in [0.2, 0.25) is 13.1 Å². The van der Waals surface area contributed by atoms with E-state index in [4.69, 9.17) is 14.2 Å². The lowest BCUT2D eigenvalue weighted by molar-refractivity contribution is 0.419. The summed E-state index contributed by atoms with van der Waals surface area (Å²) in [5.74, 6) is 5.07. The molecule has 3 aliphatic heterocycles. The van der Waals surface area contributed by atoms with E-state index in [0.717, 1.165) is 74.2 Å². The van der Waals surface area contributed by atoms with Gasteiger partial charge >= 0.3 is 0 Å². The first-order valence-corrected chi connectivity index (χ1v) is 21.2. The van der Waals surface area contributed by atoms with Crippen LogP contribution in [0.4, 0.5) is 34.1 Å². The van der Waals surface area contributed by atoms with Crippen molar-refractivity contribution in [2.45, 2.75) is 32.4 Å². The molecule has 0 saturated carbocycles. The molecule has 53 heavy (non-hydrogen) atoms. The third-order valence-electron chi connectivity index (χ3n) is 11.1. The molecule has 0 spiro atoms. The van der Waals surface area contributed by atoms with Gasteiger partial charge < -0.3 is 24.0 Å². The zero-order valence-electron chi connectivity index (χ0n) is 30.1. The number of ether oxygens (including phenoxy) is 3. The smallest absolute Gasteiger partial charge is 0.155 e. The largest absolute Gasteiger partial charge is 0.455 e. The van der Waals surface area contributed by atoms with E-state index in [9.17, 15) is 0 Å². The number of para-hydroxylation sites is 7. The van der Waals surface area contributed by atoms with Crippen molar-refractivity contribution in [2.75, 3.05) is 9.80 Å². The van der Waals surface area contributed by atoms with Crippen molar-refractivity contribution in [3.8, 4) is 34.5 Å². The summed E-state index contributed by atoms with van der Waals surface area (Å²) in [6, 6.07) is 55.2. The molecule has 0 aromatic heterocycles. The van der Waals surface area contributed by atoms with Crippen molar-refractivity contribution in [2.24, 2.45) is 0 Å². The van der Waals surface area contributed by atoms with Crippen LogP contribution < -0.4 is 34.4 Å². The maximum absolute atomic E-state index is 6.96. The maximum Gasteiger partial charge on any atom is 0.155 e. The second-order valence-electron chi connectivity index (χ2n) is 15.0. The molecule has 0 bridgehead atoms. The first kappa shape index (κ1) is 31.5. The molecule has 258 valence electrons. The molecule has 7 aromatic rings. The molecule has 0 radical (unpaired) electrons. The number of hydrogen-bond donors (Lipinski definition) is 0. The van der Waals surface area contributed by atoms with Crippen LogP contribution in [0.3, 0.4) is 0 Å². The molecule has 3 heterocycles. The molecule has 5 nitrogen and oxygen atoms in total. The minimum Gasteiger partial charge on any atom is -0.455 e. The number of hydrogen-bond acceptors (Lipinski definition) is 5. The Balaban J connectivity index is 1.21. The van der Waals surface area contributed by atoms with Gasteiger partial charge in [-0.15, -0.1) is 0 Å². The minimum atomic E-state index is -2.13. The molecule has 0 aliphatic carbocycles. The monoisotopic (exact) mass is 706 g/mol. The lowest BCUT2D eigenvalue weighted by Crippen LogP contribution is -2.56. The van der Waals surface area contributed by atoms with Gasteiger partial charge in [-0.05, 0) is 71.0 Å². The van der Waals surface area contributed by atoms with Gasteiger partial charge in [0, 0.05) is 28.3 Å². The van der Waals surface area contributed by atoms with E-state index in [1.54, 1.807) is 0 Å². The summed E-state index contributed by atoms with van der Waals surface area (Å²) in [7, 11) is -2.13. The number of fused-ring (bicyclic) bond motifs is 6. The van der Waals surface area contributed by atoms with Crippen molar-refractivity contribution in [1.82, 2.24) is 0 Å². The number of nitrogens with zero attached hydrogens (tertiary/aromatic N) is 2. The van der Waals surface area contributed by atoms with E-state index in [-0.39, 0.29) is 5.41 Å². The van der Waals surface area contributed by atoms with Gasteiger partial charge in [0.2, 0.25) is 0 Å². The standard InChI is InChI=1S/C47H38N2O3Si/c1-47(2)33-18-8-10-23-39(33)51-45-34(47)19-14-21-37(45)49(38-22-15-27-44-46(38)52-41-25-12-13-26-43(41)53(44,3)4)32-28-29-36-42(30-32)50-40-24-11-9-20-35(40)48(36)31-16-6-5-7-17-31/h5-30H,1-4H3. The fourth-order valence-corrected chi connectivity index (χ4v) is 11.2. The Morgan fingerprint density at radius 3 is 1.92 bits per heavy atom. The normalized spacial score (nSPS) is 15.1. The van der Waals surface area contributed by atoms with E-state index in [1.165, 1.54) is 15.9 Å². The highest BCUT2D eigenvalue weighted by Gasteiger charge is 2.40. The molecule has 10 rings (SSSR count). The fourth-order valence-electron chi connectivity index (χ4n) is 8.40. The van der Waals surface area contributed by atoms with Gasteiger partial charge in [-0.3, -0.25) is 0 Å². The maximum atomic E-state index is 6.96. The second kappa shape index (κ2) is 11.6. The summed E-state index contributed by atoms with van der Waals surface area (Å²) in [5.41, 5.74) is 7.85. The van der Waals surface area contributed by atoms with Gasteiger partial charge in [-0.25, -0.2) is 0 Å². The topological polar surface area (TPSA) is 34.2 Å². The van der Waals surface area contributed by atoms with E-state index in [0.29, 0.717) is 0 Å². The van der Waals surface area contributed by atoms with Crippen LogP contribution in [0.1, 0.15) is 25.0 Å². The van der Waals surface area contributed by atoms with Crippen molar-refractivity contribution in [3.63, 3.8) is 0 Å². The van der Waals surface area contributed by atoms with Crippen molar-refractivity contribution in [1.29, 1.82) is 0 Å². The first-order valence-electron chi connectivity index (χ1n) is 18.2. The third-order valence-corrected chi connectivity index (χ3v) is 14.6. The predicted octanol–water partition coefficient (Wildman–Crippen LogP) is 12.1. The Kier molecular flexibility index (Phi) is 6.91. The summed E-state index contributed by atoms with van der Waals surface area (Å²) in [5, 5.41) is 2.56. The van der Waals surface area contributed by atoms with Gasteiger partial charge in [0.1, 0.15) is 19.6 Å². The molecule has 0 saturated heterocycles. The summed E-state index contributed by atoms with van der Waals surface area (Å²) in [6.45, 7) is 9.39. The Morgan fingerprint density at radius 2 is 1.09 bits per heavy atom. The fraction of sp³-hybridized carbons (Fsp3) is 0.106. The Bertz CT molecular complexity index is 2470. The Morgan fingerprint density at radius 1 is 0.491 bits per heavy atom. The molecular formula is C47H38N2O3Si. The number of rotatable bonds is 4. The molecule has 6 heteroatoms. The Hall–Kier alpha value is -6.24. The molecule has 3 aliphatic rings. The number of benzene rings is 7. The van der Waals surface area contributed by atoms with Gasteiger partial charge in [0.25, 0.3) is 0 Å². The van der Waals surface area contributed by atoms with Crippen molar-refractivity contribution >= 4 is 52.6 Å². The molecule has 0 unspecified atom stereocenters. The van der Waals surface area contributed by atoms with Crippen LogP contribution in [-0.4, -0.2) is 8.07 Å². The van der Waals surface area contributed by atoms with E-state index >= 15 is 0 Å². The molecule has 7 aromatic carbocycles. The zero-order valence-corrected chi connectivity index (χ0v) is 31.1. The molecular weight excluding hydrogens is 669 g/mol. The molecule has 0 N–H and O–H groups in total. The van der Waals surface area contributed by atoms with Crippen LogP contribution in [0.5, 0.6) is 34.5 Å². The highest BCUT2D eigenvalue weighted by molar-refractivity contribution is 7.01. The predicted molar refractivity (Wildman–Crippen MR) is 218 cm³/mol. The van der Waals surface area contributed by atoms with Crippen LogP contribution >= 0.6 is 0 Å². The SMILES string of the molecule is CC1(C)c2ccccc2Oc2c(N(c3ccc4c(c3)Oc3ccccc3N4c3ccccc3)c3cccc4c3Oc3ccccc3[Si]4(C)C)cccc21. The third kappa shape index (κ3) is 4.75. The van der Waals surface area contributed by atoms with Gasteiger partial charge in [-0.1, -0.05) is 118 Å². The first-order chi connectivity index (χ1) is 25.8. The summed E-state index contributed by atoms with van der Waals surface area (Å²) >= 11 is 0. The highest BCUT2D eigenvalue weighted by Crippen LogP contribution is 2.57. The quantitative estimate of drug-likeness (QED) is 0.170. The zero-order chi connectivity index (χ0) is 35.9. The molecule has 0 atom stereocenters. The van der Waals surface area contributed by atoms with E-state index in [1.807, 2.05) is 24.3 Å². The molecule has 0 amide bonds. The second-order valence-corrected chi connectivity index (χ2v) is 19.3.